The van der Waals surface area contributed by atoms with E-state index in [4.69, 9.17) is 9.47 Å². The maximum absolute atomic E-state index is 14.4. The average molecular weight is 547 g/mol. The van der Waals surface area contributed by atoms with Crippen molar-refractivity contribution in [3.63, 3.8) is 0 Å². The summed E-state index contributed by atoms with van der Waals surface area (Å²) in [5.41, 5.74) is 1.58. The van der Waals surface area contributed by atoms with Gasteiger partial charge in [0.2, 0.25) is 5.91 Å². The number of aromatic nitrogens is 1. The van der Waals surface area contributed by atoms with Crippen LogP contribution in [0, 0.1) is 11.6 Å². The van der Waals surface area contributed by atoms with Crippen molar-refractivity contribution in [2.75, 3.05) is 11.9 Å². The fourth-order valence-electron chi connectivity index (χ4n) is 4.07. The van der Waals surface area contributed by atoms with Gasteiger partial charge < -0.3 is 19.4 Å². The number of nitrogens with zero attached hydrogens (tertiary/aromatic N) is 1. The van der Waals surface area contributed by atoms with Crippen molar-refractivity contribution < 1.29 is 27.8 Å². The lowest BCUT2D eigenvalue weighted by Gasteiger charge is -2.17. The van der Waals surface area contributed by atoms with E-state index < -0.39 is 11.6 Å². The van der Waals surface area contributed by atoms with Crippen molar-refractivity contribution in [1.82, 2.24) is 4.57 Å². The van der Waals surface area contributed by atoms with E-state index in [1.54, 1.807) is 56.6 Å². The van der Waals surface area contributed by atoms with E-state index in [0.29, 0.717) is 34.9 Å². The Kier molecular flexibility index (Phi) is 9.06. The fourth-order valence-corrected chi connectivity index (χ4v) is 4.07. The fraction of sp³-hybridized carbons (Fsp3) is 0.194. The number of hydrogen-bond acceptors (Lipinski definition) is 5. The van der Waals surface area contributed by atoms with Crippen LogP contribution in [-0.2, 0) is 11.8 Å². The number of halogens is 2. The zero-order valence-corrected chi connectivity index (χ0v) is 22.1. The molecule has 0 saturated carbocycles. The van der Waals surface area contributed by atoms with E-state index in [1.165, 1.54) is 22.8 Å². The molecule has 0 bridgehead atoms. The summed E-state index contributed by atoms with van der Waals surface area (Å²) in [5.74, 6) is -1.71. The first-order chi connectivity index (χ1) is 19.2. The van der Waals surface area contributed by atoms with Gasteiger partial charge in [0, 0.05) is 60.6 Å². The third-order valence-corrected chi connectivity index (χ3v) is 6.06. The van der Waals surface area contributed by atoms with E-state index in [9.17, 15) is 23.2 Å². The van der Waals surface area contributed by atoms with Gasteiger partial charge in [-0.15, -0.1) is 0 Å². The highest BCUT2D eigenvalue weighted by molar-refractivity contribution is 5.97. The van der Waals surface area contributed by atoms with Crippen LogP contribution in [0.15, 0.2) is 83.8 Å². The zero-order valence-electron chi connectivity index (χ0n) is 22.1. The van der Waals surface area contributed by atoms with Gasteiger partial charge in [0.15, 0.2) is 17.3 Å². The molecule has 0 saturated heterocycles. The van der Waals surface area contributed by atoms with E-state index in [0.717, 1.165) is 6.07 Å². The van der Waals surface area contributed by atoms with Crippen LogP contribution in [0.4, 0.5) is 14.5 Å². The molecule has 1 heterocycles. The summed E-state index contributed by atoms with van der Waals surface area (Å²) in [4.78, 5) is 37.3. The second-order valence-corrected chi connectivity index (χ2v) is 9.01. The molecule has 7 nitrogen and oxygen atoms in total. The molecule has 0 aliphatic carbocycles. The number of benzene rings is 3. The molecule has 0 aliphatic heterocycles. The van der Waals surface area contributed by atoms with Crippen LogP contribution < -0.4 is 20.3 Å². The Morgan fingerprint density at radius 2 is 1.62 bits per heavy atom. The predicted molar refractivity (Wildman–Crippen MR) is 148 cm³/mol. The SMILES string of the molecule is CCOc1cc(=O)n(C)cc1-c1cc(NC(=O)CCCC(=O)c2ccccc2)ccc1Oc1ccc(F)cc1F. The molecule has 4 aromatic rings. The van der Waals surface area contributed by atoms with Crippen LogP contribution in [0.3, 0.4) is 0 Å². The van der Waals surface area contributed by atoms with E-state index in [-0.39, 0.29) is 53.9 Å². The summed E-state index contributed by atoms with van der Waals surface area (Å²) >= 11 is 0. The van der Waals surface area contributed by atoms with E-state index in [1.807, 2.05) is 6.07 Å². The standard InChI is InChI=1S/C31H28F2N2O5/c1-3-39-29-18-31(38)35(2)19-24(29)23-17-22(13-15-27(23)40-28-14-12-21(32)16-25(28)33)34-30(37)11-7-10-26(36)20-8-5-4-6-9-20/h4-6,8-9,12-19H,3,7,10-11H2,1-2H3,(H,34,37). The molecule has 4 rings (SSSR count). The van der Waals surface area contributed by atoms with Crippen molar-refractivity contribution in [2.45, 2.75) is 26.2 Å². The van der Waals surface area contributed by atoms with Gasteiger partial charge in [0.1, 0.15) is 17.3 Å². The summed E-state index contributed by atoms with van der Waals surface area (Å²) in [5, 5.41) is 2.81. The first-order valence-electron chi connectivity index (χ1n) is 12.7. The minimum atomic E-state index is -0.890. The number of ether oxygens (including phenoxy) is 2. The molecule has 3 aromatic carbocycles. The topological polar surface area (TPSA) is 86.6 Å². The molecule has 1 N–H and O–H groups in total. The van der Waals surface area contributed by atoms with Crippen molar-refractivity contribution in [1.29, 1.82) is 0 Å². The molecule has 206 valence electrons. The summed E-state index contributed by atoms with van der Waals surface area (Å²) in [6, 6.07) is 17.9. The summed E-state index contributed by atoms with van der Waals surface area (Å²) < 4.78 is 40.7. The number of aryl methyl sites for hydroxylation is 1. The number of rotatable bonds is 11. The van der Waals surface area contributed by atoms with Crippen molar-refractivity contribution in [3.05, 3.63) is 107 Å². The Morgan fingerprint density at radius 1 is 0.875 bits per heavy atom. The van der Waals surface area contributed by atoms with Gasteiger partial charge in [-0.2, -0.15) is 0 Å². The number of nitrogens with one attached hydrogen (secondary N) is 1. The second-order valence-electron chi connectivity index (χ2n) is 9.01. The molecule has 9 heteroatoms. The van der Waals surface area contributed by atoms with Crippen LogP contribution in [0.2, 0.25) is 0 Å². The number of Topliss-reactive ketones (excluding diaryl/α,β-unsaturated/α-hetero) is 1. The molecule has 0 fully saturated rings. The smallest absolute Gasteiger partial charge is 0.254 e. The number of carbonyl (C=O) groups is 2. The van der Waals surface area contributed by atoms with Crippen LogP contribution in [0.1, 0.15) is 36.5 Å². The first-order valence-corrected chi connectivity index (χ1v) is 12.7. The lowest BCUT2D eigenvalue weighted by atomic mass is 10.0. The largest absolute Gasteiger partial charge is 0.493 e. The normalized spacial score (nSPS) is 10.7. The molecule has 0 spiro atoms. The molecular formula is C31H28F2N2O5. The van der Waals surface area contributed by atoms with Crippen molar-refractivity contribution in [2.24, 2.45) is 7.05 Å². The highest BCUT2D eigenvalue weighted by Crippen LogP contribution is 2.40. The Hall–Kier alpha value is -4.79. The minimum Gasteiger partial charge on any atom is -0.493 e. The molecule has 0 atom stereocenters. The first kappa shape index (κ1) is 28.2. The van der Waals surface area contributed by atoms with Crippen molar-refractivity contribution >= 4 is 17.4 Å². The van der Waals surface area contributed by atoms with Crippen molar-refractivity contribution in [3.8, 4) is 28.4 Å². The van der Waals surface area contributed by atoms with E-state index >= 15 is 0 Å². The summed E-state index contributed by atoms with van der Waals surface area (Å²) in [6.45, 7) is 2.05. The summed E-state index contributed by atoms with van der Waals surface area (Å²) in [7, 11) is 1.57. The predicted octanol–water partition coefficient (Wildman–Crippen LogP) is 6.51. The number of carbonyl (C=O) groups excluding carboxylic acids is 2. The lowest BCUT2D eigenvalue weighted by molar-refractivity contribution is -0.116. The van der Waals surface area contributed by atoms with E-state index in [2.05, 4.69) is 5.32 Å². The molecule has 0 aliphatic rings. The number of amides is 1. The molecule has 0 radical (unpaired) electrons. The zero-order chi connectivity index (χ0) is 28.6. The van der Waals surface area contributed by atoms with Gasteiger partial charge in [-0.05, 0) is 43.7 Å². The van der Waals surface area contributed by atoms with Gasteiger partial charge in [-0.25, -0.2) is 8.78 Å². The van der Waals surface area contributed by atoms with Crippen LogP contribution in [-0.4, -0.2) is 22.9 Å². The number of pyridine rings is 1. The summed E-state index contributed by atoms with van der Waals surface area (Å²) in [6.07, 6.45) is 2.27. The second kappa shape index (κ2) is 12.8. The molecule has 1 amide bonds. The van der Waals surface area contributed by atoms with Gasteiger partial charge in [0.05, 0.1) is 6.61 Å². The molecule has 1 aromatic heterocycles. The Labute approximate surface area is 230 Å². The maximum atomic E-state index is 14.4. The van der Waals surface area contributed by atoms with Gasteiger partial charge in [-0.1, -0.05) is 30.3 Å². The Bertz CT molecular complexity index is 1580. The van der Waals surface area contributed by atoms with Gasteiger partial charge in [0.25, 0.3) is 5.56 Å². The third-order valence-electron chi connectivity index (χ3n) is 6.06. The Balaban J connectivity index is 1.60. The monoisotopic (exact) mass is 546 g/mol. The van der Waals surface area contributed by atoms with Crippen LogP contribution in [0.25, 0.3) is 11.1 Å². The average Bonchev–Trinajstić information content (AvgIpc) is 2.93. The minimum absolute atomic E-state index is 0.0386. The Morgan fingerprint density at radius 3 is 2.35 bits per heavy atom. The maximum Gasteiger partial charge on any atom is 0.254 e. The number of hydrogen-bond donors (Lipinski definition) is 1. The van der Waals surface area contributed by atoms with Gasteiger partial charge in [-0.3, -0.25) is 14.4 Å². The van der Waals surface area contributed by atoms with Gasteiger partial charge >= 0.3 is 0 Å². The van der Waals surface area contributed by atoms with Crippen LogP contribution >= 0.6 is 0 Å². The quantitative estimate of drug-likeness (QED) is 0.217. The highest BCUT2D eigenvalue weighted by Gasteiger charge is 2.18. The highest BCUT2D eigenvalue weighted by atomic mass is 19.1. The number of anilines is 1. The molecule has 40 heavy (non-hydrogen) atoms. The number of ketones is 1. The molecular weight excluding hydrogens is 518 g/mol. The third kappa shape index (κ3) is 6.99. The van der Waals surface area contributed by atoms with Crippen LogP contribution in [0.5, 0.6) is 17.2 Å². The molecule has 0 unspecified atom stereocenters. The lowest BCUT2D eigenvalue weighted by Crippen LogP contribution is -2.16.